The summed E-state index contributed by atoms with van der Waals surface area (Å²) in [6.45, 7) is 12.4. The van der Waals surface area contributed by atoms with E-state index in [-0.39, 0.29) is 6.61 Å². The summed E-state index contributed by atoms with van der Waals surface area (Å²) in [4.78, 5) is 11.5. The normalized spacial score (nSPS) is 11.8. The number of rotatable bonds is 10. The van der Waals surface area contributed by atoms with Gasteiger partial charge in [-0.3, -0.25) is 0 Å². The maximum atomic E-state index is 9.10. The monoisotopic (exact) mass is 347 g/mol. The molecule has 0 saturated carbocycles. The number of nitrogens with two attached hydrogens (primary N) is 1. The summed E-state index contributed by atoms with van der Waals surface area (Å²) >= 11 is 0. The van der Waals surface area contributed by atoms with Crippen molar-refractivity contribution in [2.75, 3.05) is 32.0 Å². The van der Waals surface area contributed by atoms with Crippen LogP contribution in [-0.4, -0.2) is 50.8 Å². The number of likely N-dealkylation sites (N-methyl/N-ethyl adjacent to an activating group) is 1. The van der Waals surface area contributed by atoms with Crippen LogP contribution in [0.25, 0.3) is 11.0 Å². The van der Waals surface area contributed by atoms with Crippen molar-refractivity contribution < 1.29 is 5.11 Å². The molecule has 0 radical (unpaired) electrons. The van der Waals surface area contributed by atoms with E-state index < -0.39 is 0 Å². The summed E-state index contributed by atoms with van der Waals surface area (Å²) in [7, 11) is 0. The molecule has 0 bridgehead atoms. The number of aliphatic hydroxyl groups excluding tert-OH is 1. The van der Waals surface area contributed by atoms with Gasteiger partial charge in [0.1, 0.15) is 11.3 Å². The second-order valence-electron chi connectivity index (χ2n) is 6.70. The summed E-state index contributed by atoms with van der Waals surface area (Å²) < 4.78 is 2.35. The Balaban J connectivity index is 2.19. The lowest BCUT2D eigenvalue weighted by Gasteiger charge is -2.19. The van der Waals surface area contributed by atoms with Crippen molar-refractivity contribution in [3.8, 4) is 0 Å². The minimum atomic E-state index is 0.228. The third kappa shape index (κ3) is 4.50. The summed E-state index contributed by atoms with van der Waals surface area (Å²) in [6.07, 6.45) is 4.22. The number of nitrogens with zero attached hydrogens (tertiary/aromatic N) is 4. The van der Waals surface area contributed by atoms with Crippen molar-refractivity contribution in [2.24, 2.45) is 0 Å². The van der Waals surface area contributed by atoms with Gasteiger partial charge in [0.15, 0.2) is 5.82 Å². The number of hydrogen-bond donors (Lipinski definition) is 2. The summed E-state index contributed by atoms with van der Waals surface area (Å²) in [5, 5.41) is 9.10. The first-order valence-corrected chi connectivity index (χ1v) is 9.48. The van der Waals surface area contributed by atoms with Gasteiger partial charge in [0.25, 0.3) is 0 Å². The van der Waals surface area contributed by atoms with Gasteiger partial charge in [-0.15, -0.1) is 0 Å². The van der Waals surface area contributed by atoms with Crippen molar-refractivity contribution >= 4 is 16.9 Å². The largest absolute Gasteiger partial charge is 0.395 e. The minimum absolute atomic E-state index is 0.228. The SMILES string of the molecule is CCCc1nc2c(N)nc(C)c(C)c2n1CCCCN(CC)CCO. The number of aliphatic hydroxyl groups is 1. The molecule has 3 N–H and O–H groups in total. The Morgan fingerprint density at radius 1 is 1.12 bits per heavy atom. The second-order valence-corrected chi connectivity index (χ2v) is 6.70. The standard InChI is InChI=1S/C19H33N5O/c1-5-9-16-22-17-18(14(3)15(4)21-19(17)20)24(16)11-8-7-10-23(6-2)12-13-25/h25H,5-13H2,1-4H3,(H2,20,21). The van der Waals surface area contributed by atoms with Crippen LogP contribution >= 0.6 is 0 Å². The van der Waals surface area contributed by atoms with E-state index in [0.717, 1.165) is 74.4 Å². The van der Waals surface area contributed by atoms with Crippen LogP contribution in [0.5, 0.6) is 0 Å². The zero-order valence-electron chi connectivity index (χ0n) is 16.2. The number of fused-ring (bicyclic) bond motifs is 1. The van der Waals surface area contributed by atoms with Crippen molar-refractivity contribution in [1.29, 1.82) is 0 Å². The Labute approximate surface area is 151 Å². The lowest BCUT2D eigenvalue weighted by atomic mass is 10.2. The van der Waals surface area contributed by atoms with E-state index in [1.54, 1.807) is 0 Å². The van der Waals surface area contributed by atoms with Crippen molar-refractivity contribution in [3.63, 3.8) is 0 Å². The predicted octanol–water partition coefficient (Wildman–Crippen LogP) is 2.68. The van der Waals surface area contributed by atoms with Gasteiger partial charge in [0.05, 0.1) is 12.1 Å². The number of pyridine rings is 1. The summed E-state index contributed by atoms with van der Waals surface area (Å²) in [5.74, 6) is 1.65. The fourth-order valence-electron chi connectivity index (χ4n) is 3.38. The van der Waals surface area contributed by atoms with Crippen molar-refractivity contribution in [2.45, 2.75) is 59.9 Å². The van der Waals surface area contributed by atoms with Gasteiger partial charge < -0.3 is 20.3 Å². The van der Waals surface area contributed by atoms with Crippen LogP contribution in [0, 0.1) is 13.8 Å². The molecule has 2 rings (SSSR count). The highest BCUT2D eigenvalue weighted by molar-refractivity contribution is 5.88. The highest BCUT2D eigenvalue weighted by Gasteiger charge is 2.17. The molecular weight excluding hydrogens is 314 g/mol. The lowest BCUT2D eigenvalue weighted by Crippen LogP contribution is -2.27. The van der Waals surface area contributed by atoms with Crippen LogP contribution in [0.2, 0.25) is 0 Å². The fraction of sp³-hybridized carbons (Fsp3) is 0.684. The van der Waals surface area contributed by atoms with Crippen molar-refractivity contribution in [3.05, 3.63) is 17.1 Å². The molecule has 0 aliphatic carbocycles. The van der Waals surface area contributed by atoms with Gasteiger partial charge in [0.2, 0.25) is 0 Å². The average Bonchev–Trinajstić information content (AvgIpc) is 2.95. The molecule has 140 valence electrons. The summed E-state index contributed by atoms with van der Waals surface area (Å²) in [6, 6.07) is 0. The smallest absolute Gasteiger partial charge is 0.151 e. The molecule has 2 aromatic rings. The first-order chi connectivity index (χ1) is 12.0. The van der Waals surface area contributed by atoms with E-state index in [9.17, 15) is 0 Å². The van der Waals surface area contributed by atoms with Crippen molar-refractivity contribution in [1.82, 2.24) is 19.4 Å². The molecule has 0 spiro atoms. The second kappa shape index (κ2) is 9.15. The van der Waals surface area contributed by atoms with Crippen LogP contribution in [-0.2, 0) is 13.0 Å². The fourth-order valence-corrected chi connectivity index (χ4v) is 3.38. The zero-order chi connectivity index (χ0) is 18.4. The third-order valence-corrected chi connectivity index (χ3v) is 4.92. The van der Waals surface area contributed by atoms with Crippen LogP contribution in [0.4, 0.5) is 5.82 Å². The quantitative estimate of drug-likeness (QED) is 0.646. The Kier molecular flexibility index (Phi) is 7.20. The highest BCUT2D eigenvalue weighted by Crippen LogP contribution is 2.27. The number of aromatic nitrogens is 3. The van der Waals surface area contributed by atoms with Gasteiger partial charge in [-0.1, -0.05) is 13.8 Å². The molecule has 0 aliphatic rings. The Hall–Kier alpha value is -1.66. The third-order valence-electron chi connectivity index (χ3n) is 4.92. The van der Waals surface area contributed by atoms with E-state index in [4.69, 9.17) is 15.8 Å². The molecule has 2 aromatic heterocycles. The number of unbranched alkanes of at least 4 members (excludes halogenated alkanes) is 1. The molecule has 6 nitrogen and oxygen atoms in total. The van der Waals surface area contributed by atoms with Crippen LogP contribution < -0.4 is 5.73 Å². The molecule has 0 saturated heterocycles. The minimum Gasteiger partial charge on any atom is -0.395 e. The van der Waals surface area contributed by atoms with Crippen LogP contribution in [0.15, 0.2) is 0 Å². The Bertz CT molecular complexity index is 695. The van der Waals surface area contributed by atoms with Crippen LogP contribution in [0.1, 0.15) is 50.2 Å². The average molecular weight is 348 g/mol. The molecular formula is C19H33N5O. The van der Waals surface area contributed by atoms with E-state index in [0.29, 0.717) is 5.82 Å². The number of anilines is 1. The van der Waals surface area contributed by atoms with E-state index >= 15 is 0 Å². The number of hydrogen-bond acceptors (Lipinski definition) is 5. The first kappa shape index (κ1) is 19.7. The molecule has 0 aliphatic heterocycles. The number of nitrogen functional groups attached to an aromatic ring is 1. The molecule has 2 heterocycles. The van der Waals surface area contributed by atoms with Gasteiger partial charge in [-0.25, -0.2) is 9.97 Å². The molecule has 0 fully saturated rings. The molecule has 0 aromatic carbocycles. The molecule has 0 amide bonds. The van der Waals surface area contributed by atoms with Gasteiger partial charge in [-0.05, 0) is 51.8 Å². The van der Waals surface area contributed by atoms with E-state index in [2.05, 4.69) is 35.2 Å². The van der Waals surface area contributed by atoms with Crippen LogP contribution in [0.3, 0.4) is 0 Å². The Morgan fingerprint density at radius 2 is 1.88 bits per heavy atom. The first-order valence-electron chi connectivity index (χ1n) is 9.48. The Morgan fingerprint density at radius 3 is 2.52 bits per heavy atom. The molecule has 25 heavy (non-hydrogen) atoms. The maximum absolute atomic E-state index is 9.10. The molecule has 0 atom stereocenters. The van der Waals surface area contributed by atoms with E-state index in [1.807, 2.05) is 6.92 Å². The highest BCUT2D eigenvalue weighted by atomic mass is 16.3. The summed E-state index contributed by atoms with van der Waals surface area (Å²) in [5.41, 5.74) is 10.3. The lowest BCUT2D eigenvalue weighted by molar-refractivity contribution is 0.199. The van der Waals surface area contributed by atoms with Gasteiger partial charge in [0, 0.05) is 25.2 Å². The zero-order valence-corrected chi connectivity index (χ0v) is 16.2. The predicted molar refractivity (Wildman–Crippen MR) is 104 cm³/mol. The molecule has 6 heteroatoms. The topological polar surface area (TPSA) is 80.2 Å². The number of aryl methyl sites for hydroxylation is 4. The maximum Gasteiger partial charge on any atom is 0.151 e. The van der Waals surface area contributed by atoms with E-state index in [1.165, 1.54) is 5.56 Å². The number of imidazole rings is 1. The molecule has 0 unspecified atom stereocenters. The van der Waals surface area contributed by atoms with Gasteiger partial charge >= 0.3 is 0 Å². The van der Waals surface area contributed by atoms with Gasteiger partial charge in [-0.2, -0.15) is 0 Å².